The molecule has 0 rings (SSSR count). The lowest BCUT2D eigenvalue weighted by molar-refractivity contribution is -0.161. The molecule has 0 amide bonds. The Labute approximate surface area is 678 Å². The number of allylic oxidation sites excluding steroid dienone is 34. The topological polar surface area (TPSA) is 237 Å². The summed E-state index contributed by atoms with van der Waals surface area (Å²) in [4.78, 5) is 73.2. The predicted octanol–water partition coefficient (Wildman–Crippen LogP) is 25.4. The monoisotopic (exact) mass is 1600 g/mol. The molecule has 0 aromatic heterocycles. The summed E-state index contributed by atoms with van der Waals surface area (Å²) in [6.07, 6.45) is 104. The molecule has 0 aliphatic carbocycles. The van der Waals surface area contributed by atoms with Crippen LogP contribution in [0.2, 0.25) is 0 Å². The zero-order valence-corrected chi connectivity index (χ0v) is 71.0. The molecule has 0 aromatic carbocycles. The van der Waals surface area contributed by atoms with Crippen LogP contribution in [-0.4, -0.2) is 96.7 Å². The molecule has 632 valence electrons. The van der Waals surface area contributed by atoms with Crippen molar-refractivity contribution in [2.24, 2.45) is 0 Å². The number of aliphatic hydroxyl groups excluding tert-OH is 1. The van der Waals surface area contributed by atoms with Gasteiger partial charge in [-0.1, -0.05) is 305 Å². The van der Waals surface area contributed by atoms with Crippen LogP contribution in [0.25, 0.3) is 0 Å². The number of aliphatic hydroxyl groups is 1. The van der Waals surface area contributed by atoms with Crippen LogP contribution >= 0.6 is 15.6 Å². The van der Waals surface area contributed by atoms with Crippen LogP contribution < -0.4 is 0 Å². The third-order valence-electron chi connectivity index (χ3n) is 16.7. The number of phosphoric ester groups is 2. The van der Waals surface area contributed by atoms with E-state index in [-0.39, 0.29) is 25.7 Å². The van der Waals surface area contributed by atoms with Crippen molar-refractivity contribution in [3.63, 3.8) is 0 Å². The highest BCUT2D eigenvalue weighted by Gasteiger charge is 2.30. The molecule has 5 atom stereocenters. The van der Waals surface area contributed by atoms with Crippen molar-refractivity contribution < 1.29 is 80.2 Å². The van der Waals surface area contributed by atoms with Crippen LogP contribution in [0.1, 0.15) is 297 Å². The Bertz CT molecular complexity index is 2940. The van der Waals surface area contributed by atoms with E-state index in [1.165, 1.54) is 38.5 Å². The first-order valence-electron chi connectivity index (χ1n) is 42.3. The second-order valence-electron chi connectivity index (χ2n) is 27.3. The SMILES string of the molecule is CC/C=C\C/C=C\C/C=C\C/C=C\C/C=C\C/C=C\CCC(=O)OCC(COP(=O)(O)OCC(O)COP(=O)(O)OCC(COC(=O)CC/C=C\C/C=C\C/C=C\C/C=C\C/C=C\C/C=C\CC)OC(=O)CCCCCCCC/C=C\C/C=C\C/C=C\CCCCC)OC(=O)CCCCCCC/C=C\C/C=C\CCCCC. The van der Waals surface area contributed by atoms with Gasteiger partial charge >= 0.3 is 39.5 Å². The number of esters is 4. The molecule has 17 nitrogen and oxygen atoms in total. The number of carbonyl (C=O) groups is 4. The summed E-state index contributed by atoms with van der Waals surface area (Å²) in [5.74, 6) is -2.42. The van der Waals surface area contributed by atoms with Crippen molar-refractivity contribution in [1.82, 2.24) is 0 Å². The molecule has 5 unspecified atom stereocenters. The van der Waals surface area contributed by atoms with Gasteiger partial charge in [-0.3, -0.25) is 37.3 Å². The van der Waals surface area contributed by atoms with Crippen LogP contribution in [0, 0.1) is 0 Å². The fourth-order valence-corrected chi connectivity index (χ4v) is 11.9. The van der Waals surface area contributed by atoms with E-state index < -0.39 is 97.5 Å². The van der Waals surface area contributed by atoms with E-state index in [0.29, 0.717) is 38.5 Å². The van der Waals surface area contributed by atoms with Gasteiger partial charge in [0.25, 0.3) is 0 Å². The first-order chi connectivity index (χ1) is 54.7. The van der Waals surface area contributed by atoms with Crippen LogP contribution in [0.3, 0.4) is 0 Å². The van der Waals surface area contributed by atoms with Crippen molar-refractivity contribution in [1.29, 1.82) is 0 Å². The number of ether oxygens (including phenoxy) is 4. The number of rotatable bonds is 77. The summed E-state index contributed by atoms with van der Waals surface area (Å²) >= 11 is 0. The lowest BCUT2D eigenvalue weighted by Gasteiger charge is -2.21. The van der Waals surface area contributed by atoms with Crippen molar-refractivity contribution in [2.75, 3.05) is 39.6 Å². The molecule has 19 heteroatoms. The fourth-order valence-electron chi connectivity index (χ4n) is 10.4. The molecule has 0 saturated carbocycles. The van der Waals surface area contributed by atoms with Gasteiger partial charge in [-0.05, 0) is 173 Å². The van der Waals surface area contributed by atoms with E-state index in [0.717, 1.165) is 167 Å². The van der Waals surface area contributed by atoms with Crippen molar-refractivity contribution in [3.05, 3.63) is 207 Å². The molecule has 0 aromatic rings. The lowest BCUT2D eigenvalue weighted by atomic mass is 10.1. The Hall–Kier alpha value is -6.36. The van der Waals surface area contributed by atoms with Gasteiger partial charge in [0.15, 0.2) is 12.2 Å². The molecule has 0 heterocycles. The molecule has 3 N–H and O–H groups in total. The second-order valence-corrected chi connectivity index (χ2v) is 30.2. The molecule has 0 radical (unpaired) electrons. The Kier molecular flexibility index (Phi) is 77.9. The van der Waals surface area contributed by atoms with E-state index in [2.05, 4.69) is 198 Å². The summed E-state index contributed by atoms with van der Waals surface area (Å²) in [5, 5.41) is 10.7. The smallest absolute Gasteiger partial charge is 0.462 e. The molecule has 0 saturated heterocycles. The number of carbonyl (C=O) groups excluding carboxylic acids is 4. The van der Waals surface area contributed by atoms with Crippen LogP contribution in [-0.2, 0) is 65.4 Å². The summed E-state index contributed by atoms with van der Waals surface area (Å²) in [7, 11) is -10.0. The average Bonchev–Trinajstić information content (AvgIpc) is 0.898. The summed E-state index contributed by atoms with van der Waals surface area (Å²) < 4.78 is 68.6. The minimum atomic E-state index is -5.02. The number of phosphoric acid groups is 2. The maximum atomic E-state index is 13.1. The minimum absolute atomic E-state index is 0.0234. The van der Waals surface area contributed by atoms with Gasteiger partial charge in [0.2, 0.25) is 0 Å². The fraction of sp³-hybridized carbons (Fsp3) is 0.591. The Balaban J connectivity index is 5.56. The van der Waals surface area contributed by atoms with Crippen molar-refractivity contribution >= 4 is 39.5 Å². The largest absolute Gasteiger partial charge is 0.472 e. The van der Waals surface area contributed by atoms with Gasteiger partial charge in [0.1, 0.15) is 19.3 Å². The number of unbranched alkanes of at least 4 members (excludes halogenated alkanes) is 17. The molecule has 0 bridgehead atoms. The molecule has 0 aliphatic rings. The average molecular weight is 1600 g/mol. The normalized spacial score (nSPS) is 14.8. The van der Waals surface area contributed by atoms with Gasteiger partial charge in [0, 0.05) is 25.7 Å². The second kappa shape index (κ2) is 82.6. The van der Waals surface area contributed by atoms with Crippen LogP contribution in [0.15, 0.2) is 207 Å². The Morgan fingerprint density at radius 1 is 0.259 bits per heavy atom. The van der Waals surface area contributed by atoms with Crippen LogP contribution in [0.4, 0.5) is 0 Å². The predicted molar refractivity (Wildman–Crippen MR) is 463 cm³/mol. The molecule has 0 fully saturated rings. The highest BCUT2D eigenvalue weighted by Crippen LogP contribution is 2.45. The van der Waals surface area contributed by atoms with Crippen molar-refractivity contribution in [3.8, 4) is 0 Å². The van der Waals surface area contributed by atoms with Gasteiger partial charge in [0.05, 0.1) is 26.4 Å². The van der Waals surface area contributed by atoms with E-state index in [1.807, 2.05) is 36.5 Å². The minimum Gasteiger partial charge on any atom is -0.462 e. The summed E-state index contributed by atoms with van der Waals surface area (Å²) in [5.41, 5.74) is 0. The maximum absolute atomic E-state index is 13.1. The third kappa shape index (κ3) is 81.6. The number of hydrogen-bond donors (Lipinski definition) is 3. The first-order valence-corrected chi connectivity index (χ1v) is 45.3. The van der Waals surface area contributed by atoms with Gasteiger partial charge in [-0.2, -0.15) is 0 Å². The molecular formula is C93H148O17P2. The Morgan fingerprint density at radius 2 is 0.482 bits per heavy atom. The highest BCUT2D eigenvalue weighted by atomic mass is 31.2. The van der Waals surface area contributed by atoms with Crippen LogP contribution in [0.5, 0.6) is 0 Å². The Morgan fingerprint density at radius 3 is 0.750 bits per heavy atom. The summed E-state index contributed by atoms with van der Waals surface area (Å²) in [6, 6.07) is 0. The van der Waals surface area contributed by atoms with E-state index >= 15 is 0 Å². The summed E-state index contributed by atoms with van der Waals surface area (Å²) in [6.45, 7) is 4.38. The quantitative estimate of drug-likeness (QED) is 0.0169. The van der Waals surface area contributed by atoms with E-state index in [9.17, 15) is 43.2 Å². The van der Waals surface area contributed by atoms with Gasteiger partial charge in [-0.15, -0.1) is 0 Å². The van der Waals surface area contributed by atoms with E-state index in [4.69, 9.17) is 37.0 Å². The molecule has 0 spiro atoms. The third-order valence-corrected chi connectivity index (χ3v) is 18.6. The standard InChI is InChI=1S/C93H148O17P2/c1-5-9-13-17-21-25-29-33-37-40-43-46-50-53-57-61-65-69-73-77-90(95)103-83-88(109-92(97)79-75-71-67-63-59-55-49-36-32-28-24-20-16-12-8-4)85-107-111(99,100)105-81-87(94)82-106-112(101,102)108-86-89(110-93(98)80-76-72-68-64-60-56-52-48-45-42-39-35-31-27-23-19-15-11-7-3)84-104-91(96)78-74-70-66-62-58-54-51-47-44-41-38-34-30-26-22-18-14-10-6-2/h9-10,13-14,21-28,33-39,43-49,53-54,57-58,65-66,69-70,87-89,94H,5-8,11-12,15-20,29-32,40-42,50-52,55-56,59-64,67-68,71-86H2,1-4H3,(H,99,100)(H,101,102)/b13-9-,14-10-,25-21-,26-22-,27-23-,28-24-,37-33-,38-34-,39-35-,46-43-,47-44-,48-45-,49-36-,57-53-,58-54-,69-65-,70-66-. The lowest BCUT2D eigenvalue weighted by Crippen LogP contribution is -2.30. The maximum Gasteiger partial charge on any atom is 0.472 e. The zero-order chi connectivity index (χ0) is 81.7. The van der Waals surface area contributed by atoms with Gasteiger partial charge < -0.3 is 33.8 Å². The molecular weight excluding hydrogens is 1450 g/mol. The van der Waals surface area contributed by atoms with Gasteiger partial charge in [-0.25, -0.2) is 9.13 Å². The molecule has 0 aliphatic heterocycles. The highest BCUT2D eigenvalue weighted by molar-refractivity contribution is 7.47. The van der Waals surface area contributed by atoms with Crippen molar-refractivity contribution in [2.45, 2.75) is 316 Å². The zero-order valence-electron chi connectivity index (χ0n) is 69.3. The molecule has 112 heavy (non-hydrogen) atoms. The van der Waals surface area contributed by atoms with E-state index in [1.54, 1.807) is 0 Å². The number of hydrogen-bond acceptors (Lipinski definition) is 15. The first kappa shape index (κ1) is 106.